The second kappa shape index (κ2) is 7.97. The maximum atomic E-state index is 12.2. The Bertz CT molecular complexity index is 634. The first-order chi connectivity index (χ1) is 11.8. The number of likely N-dealkylation sites (tertiary alicyclic amines) is 1. The predicted octanol–water partition coefficient (Wildman–Crippen LogP) is 1.22. The number of quaternary nitrogens is 1. The van der Waals surface area contributed by atoms with Crippen molar-refractivity contribution in [3.05, 3.63) is 47.9 Å². The summed E-state index contributed by atoms with van der Waals surface area (Å²) < 4.78 is 10.2. The summed E-state index contributed by atoms with van der Waals surface area (Å²) in [6.07, 6.45) is 5.24. The summed E-state index contributed by atoms with van der Waals surface area (Å²) in [5.74, 6) is 0.872. The Morgan fingerprint density at radius 2 is 2.00 bits per heavy atom. The number of carbonyl (C=O) groups is 1. The summed E-state index contributed by atoms with van der Waals surface area (Å²) in [6, 6.07) is 9.93. The first-order valence-corrected chi connectivity index (χ1v) is 8.45. The van der Waals surface area contributed by atoms with Gasteiger partial charge in [0.05, 0.1) is 32.9 Å². The van der Waals surface area contributed by atoms with Crippen LogP contribution in [-0.4, -0.2) is 37.8 Å². The van der Waals surface area contributed by atoms with Gasteiger partial charge in [0.15, 0.2) is 0 Å². The lowest BCUT2D eigenvalue weighted by molar-refractivity contribution is -0.935. The molecule has 0 saturated carbocycles. The summed E-state index contributed by atoms with van der Waals surface area (Å²) in [5, 5.41) is 6.57. The first kappa shape index (κ1) is 16.5. The fraction of sp³-hybridized carbons (Fsp3) is 0.444. The highest BCUT2D eigenvalue weighted by atomic mass is 16.5. The van der Waals surface area contributed by atoms with Crippen molar-refractivity contribution in [3.63, 3.8) is 0 Å². The molecule has 1 aliphatic heterocycles. The molecule has 1 aromatic heterocycles. The van der Waals surface area contributed by atoms with E-state index >= 15 is 0 Å². The van der Waals surface area contributed by atoms with Crippen LogP contribution >= 0.6 is 0 Å². The standard InChI is InChI=1S/C18H23N3O3/c1-23-15-7-5-14(6-8-15)16(21-11-3-2-4-12-21)13-19-18(22)17-9-10-20-24-17/h5-10,16H,2-4,11-13H2,1H3,(H,19,22)/p+1/t16-/m1/s1. The van der Waals surface area contributed by atoms with Crippen LogP contribution in [0.2, 0.25) is 0 Å². The van der Waals surface area contributed by atoms with Gasteiger partial charge in [-0.3, -0.25) is 4.79 Å². The Morgan fingerprint density at radius 1 is 1.25 bits per heavy atom. The number of rotatable bonds is 6. The number of hydrogen-bond acceptors (Lipinski definition) is 4. The molecular formula is C18H24N3O3+. The molecule has 1 amide bonds. The molecule has 3 rings (SSSR count). The van der Waals surface area contributed by atoms with Gasteiger partial charge in [-0.25, -0.2) is 0 Å². The van der Waals surface area contributed by atoms with Crippen LogP contribution in [0, 0.1) is 0 Å². The van der Waals surface area contributed by atoms with Crippen molar-refractivity contribution in [3.8, 4) is 5.75 Å². The fourth-order valence-corrected chi connectivity index (χ4v) is 3.30. The maximum Gasteiger partial charge on any atom is 0.290 e. The molecule has 1 atom stereocenters. The first-order valence-electron chi connectivity index (χ1n) is 8.45. The zero-order valence-corrected chi connectivity index (χ0v) is 14.0. The molecule has 1 aliphatic rings. The molecule has 6 nitrogen and oxygen atoms in total. The molecule has 2 N–H and O–H groups in total. The van der Waals surface area contributed by atoms with Gasteiger partial charge in [-0.05, 0) is 43.5 Å². The molecule has 24 heavy (non-hydrogen) atoms. The Labute approximate surface area is 141 Å². The van der Waals surface area contributed by atoms with Crippen molar-refractivity contribution in [2.24, 2.45) is 0 Å². The van der Waals surface area contributed by atoms with Gasteiger partial charge in [0.2, 0.25) is 5.76 Å². The van der Waals surface area contributed by atoms with Gasteiger partial charge in [0.25, 0.3) is 5.91 Å². The topological polar surface area (TPSA) is 68.8 Å². The van der Waals surface area contributed by atoms with Gasteiger partial charge >= 0.3 is 0 Å². The van der Waals surface area contributed by atoms with Crippen molar-refractivity contribution in [2.75, 3.05) is 26.7 Å². The Kier molecular flexibility index (Phi) is 5.48. The quantitative estimate of drug-likeness (QED) is 0.836. The lowest BCUT2D eigenvalue weighted by Gasteiger charge is -2.32. The molecule has 2 heterocycles. The summed E-state index contributed by atoms with van der Waals surface area (Å²) in [7, 11) is 1.67. The van der Waals surface area contributed by atoms with Crippen LogP contribution in [0.5, 0.6) is 5.75 Å². The summed E-state index contributed by atoms with van der Waals surface area (Å²) in [5.41, 5.74) is 1.21. The third kappa shape index (κ3) is 3.94. The third-order valence-electron chi connectivity index (χ3n) is 4.64. The number of nitrogens with zero attached hydrogens (tertiary/aromatic N) is 1. The van der Waals surface area contributed by atoms with Crippen LogP contribution in [0.15, 0.2) is 41.1 Å². The maximum absolute atomic E-state index is 12.2. The fourth-order valence-electron chi connectivity index (χ4n) is 3.30. The molecule has 128 valence electrons. The molecule has 1 saturated heterocycles. The van der Waals surface area contributed by atoms with E-state index in [1.165, 1.54) is 35.9 Å². The van der Waals surface area contributed by atoms with E-state index < -0.39 is 0 Å². The van der Waals surface area contributed by atoms with Crippen molar-refractivity contribution in [1.82, 2.24) is 10.5 Å². The van der Waals surface area contributed by atoms with Crippen LogP contribution in [0.25, 0.3) is 0 Å². The molecule has 0 bridgehead atoms. The van der Waals surface area contributed by atoms with Gasteiger partial charge in [0.1, 0.15) is 11.8 Å². The van der Waals surface area contributed by atoms with Crippen molar-refractivity contribution in [2.45, 2.75) is 25.3 Å². The average molecular weight is 330 g/mol. The highest BCUT2D eigenvalue weighted by Gasteiger charge is 2.27. The van der Waals surface area contributed by atoms with E-state index in [1.54, 1.807) is 13.2 Å². The van der Waals surface area contributed by atoms with E-state index in [-0.39, 0.29) is 17.7 Å². The largest absolute Gasteiger partial charge is 0.497 e. The Balaban J connectivity index is 1.72. The molecular weight excluding hydrogens is 306 g/mol. The van der Waals surface area contributed by atoms with Crippen LogP contribution in [0.1, 0.15) is 41.4 Å². The Hall–Kier alpha value is -2.34. The number of aromatic nitrogens is 1. The second-order valence-corrected chi connectivity index (χ2v) is 6.13. The molecule has 0 spiro atoms. The highest BCUT2D eigenvalue weighted by molar-refractivity contribution is 5.91. The Morgan fingerprint density at radius 3 is 2.62 bits per heavy atom. The minimum Gasteiger partial charge on any atom is -0.497 e. The number of piperidine rings is 1. The van der Waals surface area contributed by atoms with E-state index in [0.29, 0.717) is 6.54 Å². The third-order valence-corrected chi connectivity index (χ3v) is 4.64. The van der Waals surface area contributed by atoms with E-state index in [0.717, 1.165) is 18.8 Å². The minimum absolute atomic E-state index is 0.220. The second-order valence-electron chi connectivity index (χ2n) is 6.13. The van der Waals surface area contributed by atoms with Gasteiger partial charge in [-0.15, -0.1) is 0 Å². The number of amides is 1. The molecule has 0 aliphatic carbocycles. The van der Waals surface area contributed by atoms with Crippen LogP contribution in [-0.2, 0) is 0 Å². The SMILES string of the molecule is COc1ccc([C@@H](CNC(=O)c2ccno2)[NH+]2CCCCC2)cc1. The molecule has 6 heteroatoms. The number of nitrogens with one attached hydrogen (secondary N) is 2. The van der Waals surface area contributed by atoms with Gasteiger partial charge < -0.3 is 19.5 Å². The smallest absolute Gasteiger partial charge is 0.290 e. The summed E-state index contributed by atoms with van der Waals surface area (Å²) in [4.78, 5) is 13.7. The molecule has 1 fully saturated rings. The average Bonchev–Trinajstić information content (AvgIpc) is 3.18. The zero-order valence-electron chi connectivity index (χ0n) is 14.0. The van der Waals surface area contributed by atoms with Crippen molar-refractivity contribution < 1.29 is 19.0 Å². The molecule has 2 aromatic rings. The van der Waals surface area contributed by atoms with Crippen LogP contribution < -0.4 is 15.0 Å². The number of hydrogen-bond donors (Lipinski definition) is 2. The van der Waals surface area contributed by atoms with Crippen LogP contribution in [0.4, 0.5) is 0 Å². The van der Waals surface area contributed by atoms with E-state index in [9.17, 15) is 4.79 Å². The van der Waals surface area contributed by atoms with Crippen LogP contribution in [0.3, 0.4) is 0 Å². The molecule has 0 radical (unpaired) electrons. The normalized spacial score (nSPS) is 16.5. The lowest BCUT2D eigenvalue weighted by atomic mass is 10.0. The highest BCUT2D eigenvalue weighted by Crippen LogP contribution is 2.16. The summed E-state index contributed by atoms with van der Waals surface area (Å²) in [6.45, 7) is 2.84. The van der Waals surface area contributed by atoms with Gasteiger partial charge in [-0.2, -0.15) is 0 Å². The summed E-state index contributed by atoms with van der Waals surface area (Å²) >= 11 is 0. The minimum atomic E-state index is -0.220. The van der Waals surface area contributed by atoms with Gasteiger partial charge in [-0.1, -0.05) is 5.16 Å². The van der Waals surface area contributed by atoms with E-state index in [1.807, 2.05) is 12.1 Å². The van der Waals surface area contributed by atoms with Crippen molar-refractivity contribution in [1.29, 1.82) is 0 Å². The number of ether oxygens (including phenoxy) is 1. The number of carbonyl (C=O) groups excluding carboxylic acids is 1. The monoisotopic (exact) mass is 330 g/mol. The molecule has 0 unspecified atom stereocenters. The van der Waals surface area contributed by atoms with E-state index in [2.05, 4.69) is 22.6 Å². The zero-order chi connectivity index (χ0) is 16.8. The number of benzene rings is 1. The lowest BCUT2D eigenvalue weighted by Crippen LogP contribution is -3.13. The van der Waals surface area contributed by atoms with Gasteiger partial charge in [0, 0.05) is 11.6 Å². The van der Waals surface area contributed by atoms with Crippen molar-refractivity contribution >= 4 is 5.91 Å². The molecule has 1 aromatic carbocycles. The predicted molar refractivity (Wildman–Crippen MR) is 89.1 cm³/mol. The number of methoxy groups -OCH3 is 1. The van der Waals surface area contributed by atoms with E-state index in [4.69, 9.17) is 9.26 Å².